The third-order valence-corrected chi connectivity index (χ3v) is 4.13. The predicted octanol–water partition coefficient (Wildman–Crippen LogP) is 1.26. The summed E-state index contributed by atoms with van der Waals surface area (Å²) in [5.74, 6) is -0.917. The van der Waals surface area contributed by atoms with Crippen LogP contribution in [-0.4, -0.2) is 59.0 Å². The zero-order chi connectivity index (χ0) is 15.6. The third-order valence-electron chi connectivity index (χ3n) is 3.67. The van der Waals surface area contributed by atoms with Crippen LogP contribution in [0.3, 0.4) is 0 Å². The van der Waals surface area contributed by atoms with Crippen LogP contribution in [0.2, 0.25) is 0 Å². The van der Waals surface area contributed by atoms with Gasteiger partial charge in [-0.15, -0.1) is 0 Å². The Kier molecular flexibility index (Phi) is 4.84. The van der Waals surface area contributed by atoms with E-state index in [0.717, 1.165) is 4.47 Å². The minimum Gasteiger partial charge on any atom is -0.480 e. The molecule has 0 aliphatic carbocycles. The molecule has 1 unspecified atom stereocenters. The first kappa shape index (κ1) is 15.8. The van der Waals surface area contributed by atoms with Crippen LogP contribution in [0.25, 0.3) is 0 Å². The van der Waals surface area contributed by atoms with Crippen molar-refractivity contribution < 1.29 is 14.7 Å². The quantitative estimate of drug-likeness (QED) is 0.797. The molecule has 114 valence electrons. The van der Waals surface area contributed by atoms with Gasteiger partial charge in [0.15, 0.2) is 0 Å². The van der Waals surface area contributed by atoms with Crippen LogP contribution in [0.15, 0.2) is 22.7 Å². The number of carbonyl (C=O) groups excluding carboxylic acids is 1. The van der Waals surface area contributed by atoms with Crippen molar-refractivity contribution in [2.75, 3.05) is 31.9 Å². The van der Waals surface area contributed by atoms with Crippen LogP contribution in [0, 0.1) is 0 Å². The number of amides is 1. The molecule has 1 heterocycles. The number of piperazine rings is 1. The van der Waals surface area contributed by atoms with Crippen molar-refractivity contribution in [3.63, 3.8) is 0 Å². The molecule has 1 fully saturated rings. The van der Waals surface area contributed by atoms with E-state index in [1.165, 1.54) is 0 Å². The summed E-state index contributed by atoms with van der Waals surface area (Å²) >= 11 is 3.33. The molecule has 21 heavy (non-hydrogen) atoms. The Morgan fingerprint density at radius 1 is 1.24 bits per heavy atom. The van der Waals surface area contributed by atoms with E-state index in [-0.39, 0.29) is 5.91 Å². The Bertz CT molecular complexity index is 536. The van der Waals surface area contributed by atoms with Crippen LogP contribution < -0.4 is 5.73 Å². The van der Waals surface area contributed by atoms with Crippen LogP contribution in [0.4, 0.5) is 5.69 Å². The number of anilines is 1. The van der Waals surface area contributed by atoms with Gasteiger partial charge in [0.2, 0.25) is 0 Å². The fourth-order valence-corrected chi connectivity index (χ4v) is 2.90. The van der Waals surface area contributed by atoms with E-state index < -0.39 is 12.0 Å². The lowest BCUT2D eigenvalue weighted by atomic mass is 10.1. The van der Waals surface area contributed by atoms with Crippen molar-refractivity contribution in [3.8, 4) is 0 Å². The summed E-state index contributed by atoms with van der Waals surface area (Å²) in [4.78, 5) is 27.0. The molecule has 1 aliphatic heterocycles. The van der Waals surface area contributed by atoms with Gasteiger partial charge in [0, 0.05) is 41.9 Å². The van der Waals surface area contributed by atoms with Crippen molar-refractivity contribution in [2.45, 2.75) is 13.0 Å². The zero-order valence-corrected chi connectivity index (χ0v) is 13.3. The minimum absolute atomic E-state index is 0.0781. The number of nitrogen functional groups attached to an aromatic ring is 1. The number of hydrogen-bond donors (Lipinski definition) is 2. The molecule has 0 radical (unpaired) electrons. The lowest BCUT2D eigenvalue weighted by Crippen LogP contribution is -2.53. The number of benzene rings is 1. The number of hydrogen-bond acceptors (Lipinski definition) is 4. The molecular formula is C14H18BrN3O3. The average molecular weight is 356 g/mol. The molecule has 0 bridgehead atoms. The highest BCUT2D eigenvalue weighted by Crippen LogP contribution is 2.19. The van der Waals surface area contributed by atoms with Crippen molar-refractivity contribution >= 4 is 33.5 Å². The first-order chi connectivity index (χ1) is 9.88. The summed E-state index contributed by atoms with van der Waals surface area (Å²) in [6.07, 6.45) is 0. The standard InChI is InChI=1S/C14H18BrN3O3/c1-9(14(20)21)17-2-4-18(5-3-17)13(19)10-6-11(15)8-12(16)7-10/h6-9H,2-5,16H2,1H3,(H,20,21). The van der Waals surface area contributed by atoms with Crippen LogP contribution >= 0.6 is 15.9 Å². The number of rotatable bonds is 3. The summed E-state index contributed by atoms with van der Waals surface area (Å²) in [6.45, 7) is 3.81. The van der Waals surface area contributed by atoms with Gasteiger partial charge >= 0.3 is 5.97 Å². The first-order valence-corrected chi connectivity index (χ1v) is 7.50. The van der Waals surface area contributed by atoms with E-state index in [4.69, 9.17) is 10.8 Å². The summed E-state index contributed by atoms with van der Waals surface area (Å²) in [7, 11) is 0. The first-order valence-electron chi connectivity index (χ1n) is 6.70. The molecule has 1 saturated heterocycles. The number of carboxylic acid groups (broad SMARTS) is 1. The van der Waals surface area contributed by atoms with Gasteiger partial charge in [-0.3, -0.25) is 14.5 Å². The molecule has 1 aromatic rings. The summed E-state index contributed by atoms with van der Waals surface area (Å²) in [5.41, 5.74) is 6.82. The molecule has 0 aromatic heterocycles. The molecule has 2 rings (SSSR count). The van der Waals surface area contributed by atoms with E-state index in [1.807, 2.05) is 4.90 Å². The van der Waals surface area contributed by atoms with Crippen molar-refractivity contribution in [1.29, 1.82) is 0 Å². The SMILES string of the molecule is CC(C(=O)O)N1CCN(C(=O)c2cc(N)cc(Br)c2)CC1. The Morgan fingerprint density at radius 2 is 1.86 bits per heavy atom. The Hall–Kier alpha value is -1.60. The van der Waals surface area contributed by atoms with Gasteiger partial charge in [0.05, 0.1) is 0 Å². The number of carboxylic acids is 1. The Balaban J connectivity index is 2.01. The van der Waals surface area contributed by atoms with Crippen LogP contribution in [0.1, 0.15) is 17.3 Å². The summed E-state index contributed by atoms with van der Waals surface area (Å²) < 4.78 is 0.768. The van der Waals surface area contributed by atoms with Gasteiger partial charge in [-0.05, 0) is 25.1 Å². The highest BCUT2D eigenvalue weighted by Gasteiger charge is 2.27. The van der Waals surface area contributed by atoms with Crippen molar-refractivity contribution in [3.05, 3.63) is 28.2 Å². The van der Waals surface area contributed by atoms with E-state index >= 15 is 0 Å². The predicted molar refractivity (Wildman–Crippen MR) is 83.1 cm³/mol. The van der Waals surface area contributed by atoms with Crippen molar-refractivity contribution in [2.24, 2.45) is 0 Å². The van der Waals surface area contributed by atoms with Gasteiger partial charge in [-0.1, -0.05) is 15.9 Å². The van der Waals surface area contributed by atoms with Gasteiger partial charge in [-0.25, -0.2) is 0 Å². The molecule has 3 N–H and O–H groups in total. The highest BCUT2D eigenvalue weighted by atomic mass is 79.9. The maximum Gasteiger partial charge on any atom is 0.320 e. The third kappa shape index (κ3) is 3.74. The number of nitrogens with two attached hydrogens (primary N) is 1. The number of aliphatic carboxylic acids is 1. The van der Waals surface area contributed by atoms with Crippen LogP contribution in [0.5, 0.6) is 0 Å². The number of carbonyl (C=O) groups is 2. The lowest BCUT2D eigenvalue weighted by Gasteiger charge is -2.36. The number of nitrogens with zero attached hydrogens (tertiary/aromatic N) is 2. The summed E-state index contributed by atoms with van der Waals surface area (Å²) in [6, 6.07) is 4.61. The molecule has 1 amide bonds. The maximum absolute atomic E-state index is 12.4. The number of halogens is 1. The topological polar surface area (TPSA) is 86.9 Å². The van der Waals surface area contributed by atoms with Gasteiger partial charge in [-0.2, -0.15) is 0 Å². The van der Waals surface area contributed by atoms with Gasteiger partial charge in [0.1, 0.15) is 6.04 Å². The molecule has 1 aromatic carbocycles. The average Bonchev–Trinajstić information content (AvgIpc) is 2.44. The molecule has 1 atom stereocenters. The normalized spacial score (nSPS) is 17.5. The van der Waals surface area contributed by atoms with E-state index in [0.29, 0.717) is 37.4 Å². The molecular weight excluding hydrogens is 338 g/mol. The monoisotopic (exact) mass is 355 g/mol. The molecule has 7 heteroatoms. The molecule has 0 spiro atoms. The largest absolute Gasteiger partial charge is 0.480 e. The second-order valence-corrected chi connectivity index (χ2v) is 6.03. The zero-order valence-electron chi connectivity index (χ0n) is 11.8. The van der Waals surface area contributed by atoms with Gasteiger partial charge < -0.3 is 15.7 Å². The fraction of sp³-hybridized carbons (Fsp3) is 0.429. The van der Waals surface area contributed by atoms with Crippen LogP contribution in [-0.2, 0) is 4.79 Å². The minimum atomic E-state index is -0.838. The van der Waals surface area contributed by atoms with Gasteiger partial charge in [0.25, 0.3) is 5.91 Å². The van der Waals surface area contributed by atoms with E-state index in [1.54, 1.807) is 30.0 Å². The fourth-order valence-electron chi connectivity index (χ4n) is 2.39. The molecule has 1 aliphatic rings. The second kappa shape index (κ2) is 6.44. The summed E-state index contributed by atoms with van der Waals surface area (Å²) in [5, 5.41) is 9.01. The van der Waals surface area contributed by atoms with E-state index in [9.17, 15) is 9.59 Å². The smallest absolute Gasteiger partial charge is 0.320 e. The Labute approximate surface area is 131 Å². The molecule has 6 nitrogen and oxygen atoms in total. The van der Waals surface area contributed by atoms with Crippen molar-refractivity contribution in [1.82, 2.24) is 9.80 Å². The van der Waals surface area contributed by atoms with E-state index in [2.05, 4.69) is 15.9 Å². The lowest BCUT2D eigenvalue weighted by molar-refractivity contribution is -0.143. The highest BCUT2D eigenvalue weighted by molar-refractivity contribution is 9.10. The Morgan fingerprint density at radius 3 is 2.38 bits per heavy atom. The second-order valence-electron chi connectivity index (χ2n) is 5.12. The maximum atomic E-state index is 12.4. The molecule has 0 saturated carbocycles.